The fraction of sp³-hybridized carbons (Fsp3) is 0.211. The number of rotatable bonds is 9. The number of hydrogen-bond acceptors (Lipinski definition) is 7. The van der Waals surface area contributed by atoms with Gasteiger partial charge in [0.05, 0.1) is 11.9 Å². The Kier molecular flexibility index (Phi) is 6.70. The van der Waals surface area contributed by atoms with Crippen LogP contribution >= 0.6 is 11.8 Å². The minimum atomic E-state index is -0.325. The number of pyridine rings is 1. The lowest BCUT2D eigenvalue weighted by molar-refractivity contribution is 0.300. The molecule has 3 aromatic rings. The standard InChI is InChI=1S/C19H20N4O3S/c24-16-7-4-8-20-15(16)13-27-10-9-21-19-22-11-17(18(25)23-19)26-12-14-5-2-1-3-6-14/h1-8,11,24H,9-10,12-13H2,(H2,21,22,23,25). The smallest absolute Gasteiger partial charge is 0.294 e. The van der Waals surface area contributed by atoms with Crippen molar-refractivity contribution in [2.45, 2.75) is 12.4 Å². The molecule has 140 valence electrons. The first-order valence-electron chi connectivity index (χ1n) is 8.43. The zero-order valence-corrected chi connectivity index (χ0v) is 15.4. The van der Waals surface area contributed by atoms with Crippen molar-refractivity contribution in [2.24, 2.45) is 0 Å². The van der Waals surface area contributed by atoms with Gasteiger partial charge in [-0.3, -0.25) is 14.8 Å². The highest BCUT2D eigenvalue weighted by Gasteiger charge is 2.05. The Morgan fingerprint density at radius 3 is 2.78 bits per heavy atom. The third-order valence-electron chi connectivity index (χ3n) is 3.65. The molecule has 0 unspecified atom stereocenters. The number of nitrogens with one attached hydrogen (secondary N) is 2. The molecule has 7 nitrogen and oxygen atoms in total. The zero-order valence-electron chi connectivity index (χ0n) is 14.6. The van der Waals surface area contributed by atoms with Crippen molar-refractivity contribution in [3.8, 4) is 11.5 Å². The summed E-state index contributed by atoms with van der Waals surface area (Å²) in [6.07, 6.45) is 3.08. The topological polar surface area (TPSA) is 100 Å². The van der Waals surface area contributed by atoms with Gasteiger partial charge < -0.3 is 15.2 Å². The van der Waals surface area contributed by atoms with Gasteiger partial charge in [0.2, 0.25) is 11.7 Å². The van der Waals surface area contributed by atoms with Gasteiger partial charge in [-0.2, -0.15) is 11.8 Å². The molecular weight excluding hydrogens is 364 g/mol. The molecule has 2 aromatic heterocycles. The van der Waals surface area contributed by atoms with Crippen LogP contribution in [0.5, 0.6) is 11.5 Å². The van der Waals surface area contributed by atoms with Crippen LogP contribution < -0.4 is 15.6 Å². The number of H-pyrrole nitrogens is 1. The second-order valence-electron chi connectivity index (χ2n) is 5.65. The Labute approximate surface area is 160 Å². The normalized spacial score (nSPS) is 10.5. The van der Waals surface area contributed by atoms with Gasteiger partial charge in [0, 0.05) is 24.2 Å². The van der Waals surface area contributed by atoms with Gasteiger partial charge in [-0.25, -0.2) is 4.98 Å². The SMILES string of the molecule is O=c1[nH]c(NCCSCc2ncccc2O)ncc1OCc1ccccc1. The summed E-state index contributed by atoms with van der Waals surface area (Å²) in [5.41, 5.74) is 1.32. The lowest BCUT2D eigenvalue weighted by atomic mass is 10.2. The predicted molar refractivity (Wildman–Crippen MR) is 106 cm³/mol. The third kappa shape index (κ3) is 5.75. The fourth-order valence-electron chi connectivity index (χ4n) is 2.26. The van der Waals surface area contributed by atoms with E-state index in [9.17, 15) is 9.90 Å². The van der Waals surface area contributed by atoms with Crippen molar-refractivity contribution in [1.29, 1.82) is 0 Å². The van der Waals surface area contributed by atoms with E-state index in [0.717, 1.165) is 11.3 Å². The first-order chi connectivity index (χ1) is 13.2. The molecule has 0 fully saturated rings. The Bertz CT molecular complexity index is 918. The summed E-state index contributed by atoms with van der Waals surface area (Å²) in [7, 11) is 0. The summed E-state index contributed by atoms with van der Waals surface area (Å²) >= 11 is 1.62. The van der Waals surface area contributed by atoms with Crippen molar-refractivity contribution in [2.75, 3.05) is 17.6 Å². The molecule has 1 aromatic carbocycles. The average molecular weight is 384 g/mol. The molecular formula is C19H20N4O3S. The molecule has 0 aliphatic heterocycles. The van der Waals surface area contributed by atoms with E-state index in [0.29, 0.717) is 30.5 Å². The molecule has 0 aliphatic rings. The number of anilines is 1. The predicted octanol–water partition coefficient (Wildman–Crippen LogP) is 2.79. The molecule has 8 heteroatoms. The van der Waals surface area contributed by atoms with Crippen LogP contribution in [0.2, 0.25) is 0 Å². The minimum Gasteiger partial charge on any atom is -0.506 e. The maximum atomic E-state index is 12.1. The fourth-order valence-corrected chi connectivity index (χ4v) is 3.07. The van der Waals surface area contributed by atoms with E-state index in [1.165, 1.54) is 6.20 Å². The molecule has 0 amide bonds. The molecule has 2 heterocycles. The summed E-state index contributed by atoms with van der Waals surface area (Å²) in [4.78, 5) is 23.0. The summed E-state index contributed by atoms with van der Waals surface area (Å²) in [5.74, 6) is 2.17. The van der Waals surface area contributed by atoms with Gasteiger partial charge in [-0.05, 0) is 17.7 Å². The Morgan fingerprint density at radius 1 is 1.15 bits per heavy atom. The van der Waals surface area contributed by atoms with Gasteiger partial charge in [-0.1, -0.05) is 30.3 Å². The van der Waals surface area contributed by atoms with Crippen LogP contribution in [0.15, 0.2) is 59.7 Å². The molecule has 0 radical (unpaired) electrons. The number of nitrogens with zero attached hydrogens (tertiary/aromatic N) is 2. The Balaban J connectivity index is 1.42. The van der Waals surface area contributed by atoms with Crippen molar-refractivity contribution < 1.29 is 9.84 Å². The largest absolute Gasteiger partial charge is 0.506 e. The number of benzene rings is 1. The second-order valence-corrected chi connectivity index (χ2v) is 6.75. The molecule has 0 atom stereocenters. The molecule has 3 N–H and O–H groups in total. The van der Waals surface area contributed by atoms with Crippen LogP contribution in [0.1, 0.15) is 11.3 Å². The highest BCUT2D eigenvalue weighted by atomic mass is 32.2. The zero-order chi connectivity index (χ0) is 18.9. The van der Waals surface area contributed by atoms with Gasteiger partial charge >= 0.3 is 0 Å². The van der Waals surface area contributed by atoms with E-state index >= 15 is 0 Å². The Morgan fingerprint density at radius 2 is 2.00 bits per heavy atom. The van der Waals surface area contributed by atoms with Crippen molar-refractivity contribution >= 4 is 17.7 Å². The lowest BCUT2D eigenvalue weighted by Gasteiger charge is -2.08. The molecule has 0 spiro atoms. The van der Waals surface area contributed by atoms with Crippen LogP contribution in [-0.2, 0) is 12.4 Å². The quantitative estimate of drug-likeness (QED) is 0.488. The molecule has 27 heavy (non-hydrogen) atoms. The van der Waals surface area contributed by atoms with Crippen LogP contribution in [-0.4, -0.2) is 32.4 Å². The molecule has 3 rings (SSSR count). The van der Waals surface area contributed by atoms with Gasteiger partial charge in [0.25, 0.3) is 5.56 Å². The van der Waals surface area contributed by atoms with E-state index in [2.05, 4.69) is 20.3 Å². The van der Waals surface area contributed by atoms with E-state index in [1.807, 2.05) is 30.3 Å². The first-order valence-corrected chi connectivity index (χ1v) is 9.58. The maximum Gasteiger partial charge on any atom is 0.294 e. The van der Waals surface area contributed by atoms with Gasteiger partial charge in [0.15, 0.2) is 0 Å². The van der Waals surface area contributed by atoms with Crippen molar-refractivity contribution in [1.82, 2.24) is 15.0 Å². The van der Waals surface area contributed by atoms with Crippen LogP contribution in [0.25, 0.3) is 0 Å². The number of aromatic hydroxyl groups is 1. The molecule has 0 aliphatic carbocycles. The maximum absolute atomic E-state index is 12.1. The monoisotopic (exact) mass is 384 g/mol. The van der Waals surface area contributed by atoms with Crippen LogP contribution in [0.4, 0.5) is 5.95 Å². The summed E-state index contributed by atoms with van der Waals surface area (Å²) in [5, 5.41) is 12.7. The average Bonchev–Trinajstić information content (AvgIpc) is 2.69. The van der Waals surface area contributed by atoms with E-state index in [-0.39, 0.29) is 17.1 Å². The van der Waals surface area contributed by atoms with Crippen LogP contribution in [0.3, 0.4) is 0 Å². The third-order valence-corrected chi connectivity index (χ3v) is 4.62. The second kappa shape index (κ2) is 9.63. The molecule has 0 saturated heterocycles. The lowest BCUT2D eigenvalue weighted by Crippen LogP contribution is -2.16. The van der Waals surface area contributed by atoms with E-state index < -0.39 is 0 Å². The molecule has 0 saturated carbocycles. The first kappa shape index (κ1) is 18.8. The van der Waals surface area contributed by atoms with Gasteiger partial charge in [-0.15, -0.1) is 0 Å². The van der Waals surface area contributed by atoms with E-state index in [1.54, 1.807) is 30.1 Å². The van der Waals surface area contributed by atoms with Gasteiger partial charge in [0.1, 0.15) is 12.4 Å². The summed E-state index contributed by atoms with van der Waals surface area (Å²) in [6, 6.07) is 12.9. The highest BCUT2D eigenvalue weighted by Crippen LogP contribution is 2.18. The van der Waals surface area contributed by atoms with Crippen molar-refractivity contribution in [3.63, 3.8) is 0 Å². The number of thioether (sulfide) groups is 1. The molecule has 0 bridgehead atoms. The minimum absolute atomic E-state index is 0.185. The number of aromatic nitrogens is 3. The van der Waals surface area contributed by atoms with Crippen LogP contribution in [0, 0.1) is 0 Å². The van der Waals surface area contributed by atoms with Crippen molar-refractivity contribution in [3.05, 3.63) is 76.5 Å². The summed E-state index contributed by atoms with van der Waals surface area (Å²) in [6.45, 7) is 0.931. The number of hydrogen-bond donors (Lipinski definition) is 3. The highest BCUT2D eigenvalue weighted by molar-refractivity contribution is 7.98. The summed E-state index contributed by atoms with van der Waals surface area (Å²) < 4.78 is 5.51. The number of aromatic amines is 1. The Hall–Kier alpha value is -3.00. The number of ether oxygens (including phenoxy) is 1. The van der Waals surface area contributed by atoms with E-state index in [4.69, 9.17) is 4.74 Å².